The highest BCUT2D eigenvalue weighted by Gasteiger charge is 2.25. The largest absolute Gasteiger partial charge is 0.342 e. The van der Waals surface area contributed by atoms with Gasteiger partial charge in [0.2, 0.25) is 5.91 Å². The zero-order chi connectivity index (χ0) is 24.6. The van der Waals surface area contributed by atoms with Crippen molar-refractivity contribution < 1.29 is 4.79 Å². The van der Waals surface area contributed by atoms with Gasteiger partial charge in [0.25, 0.3) is 0 Å². The zero-order valence-corrected chi connectivity index (χ0v) is 22.0. The summed E-state index contributed by atoms with van der Waals surface area (Å²) in [6, 6.07) is 21.3. The van der Waals surface area contributed by atoms with Crippen LogP contribution in [0.15, 0.2) is 65.8 Å². The summed E-state index contributed by atoms with van der Waals surface area (Å²) in [6.45, 7) is 4.56. The van der Waals surface area contributed by atoms with E-state index in [0.717, 1.165) is 49.8 Å². The van der Waals surface area contributed by atoms with Crippen LogP contribution in [0.1, 0.15) is 49.2 Å². The highest BCUT2D eigenvalue weighted by molar-refractivity contribution is 7.99. The van der Waals surface area contributed by atoms with Crippen LogP contribution in [0.2, 0.25) is 0 Å². The van der Waals surface area contributed by atoms with E-state index in [0.29, 0.717) is 18.2 Å². The second-order valence-corrected chi connectivity index (χ2v) is 10.5. The van der Waals surface area contributed by atoms with Crippen molar-refractivity contribution in [2.45, 2.75) is 50.4 Å². The summed E-state index contributed by atoms with van der Waals surface area (Å²) in [6.07, 6.45) is 4.19. The number of carbonyl (C=O) groups excluding carboxylic acids is 1. The molecule has 6 nitrogen and oxygen atoms in total. The Morgan fingerprint density at radius 3 is 2.23 bits per heavy atom. The van der Waals surface area contributed by atoms with Gasteiger partial charge in [0.05, 0.1) is 18.3 Å². The lowest BCUT2D eigenvalue weighted by molar-refractivity contribution is -0.129. The topological polar surface area (TPSA) is 54.3 Å². The van der Waals surface area contributed by atoms with E-state index in [1.54, 1.807) is 0 Å². The predicted octanol–water partition coefficient (Wildman–Crippen LogP) is 4.91. The molecule has 0 N–H and O–H groups in total. The monoisotopic (exact) mass is 491 g/mol. The van der Waals surface area contributed by atoms with Crippen molar-refractivity contribution in [3.05, 3.63) is 77.6 Å². The predicted molar refractivity (Wildman–Crippen MR) is 142 cm³/mol. The van der Waals surface area contributed by atoms with Crippen molar-refractivity contribution in [3.63, 3.8) is 0 Å². The fraction of sp³-hybridized carbons (Fsp3) is 0.464. The molecule has 1 aliphatic heterocycles. The molecule has 0 saturated carbocycles. The van der Waals surface area contributed by atoms with Crippen LogP contribution in [0.5, 0.6) is 0 Å². The van der Waals surface area contributed by atoms with Crippen LogP contribution in [0.3, 0.4) is 0 Å². The molecule has 1 amide bonds. The standard InChI is InChI=1S/C28H37N5OS/c1-4-25(31(2)3)27-29-30-28(33(27)20-24-13-9-6-10-14-24)35-21-26(34)32-17-15-23(16-18-32)19-22-11-7-5-8-12-22/h5-14,23,25H,4,15-21H2,1-3H3. The maximum Gasteiger partial charge on any atom is 0.233 e. The Hall–Kier alpha value is -2.64. The third-order valence-electron chi connectivity index (χ3n) is 6.90. The highest BCUT2D eigenvalue weighted by Crippen LogP contribution is 2.27. The van der Waals surface area contributed by atoms with E-state index in [1.165, 1.54) is 22.9 Å². The summed E-state index contributed by atoms with van der Waals surface area (Å²) in [5.74, 6) is 2.21. The molecule has 1 atom stereocenters. The quantitative estimate of drug-likeness (QED) is 0.377. The summed E-state index contributed by atoms with van der Waals surface area (Å²) in [4.78, 5) is 17.3. The molecule has 4 rings (SSSR count). The average Bonchev–Trinajstić information content (AvgIpc) is 3.26. The van der Waals surface area contributed by atoms with E-state index in [4.69, 9.17) is 0 Å². The molecule has 1 unspecified atom stereocenters. The molecule has 0 radical (unpaired) electrons. The molecule has 3 aromatic rings. The number of hydrogen-bond acceptors (Lipinski definition) is 5. The van der Waals surface area contributed by atoms with Gasteiger partial charge in [-0.15, -0.1) is 10.2 Å². The van der Waals surface area contributed by atoms with Crippen molar-refractivity contribution in [2.24, 2.45) is 5.92 Å². The first-order chi connectivity index (χ1) is 17.0. The minimum atomic E-state index is 0.180. The van der Waals surface area contributed by atoms with Gasteiger partial charge in [-0.2, -0.15) is 0 Å². The Morgan fingerprint density at radius 2 is 1.63 bits per heavy atom. The van der Waals surface area contributed by atoms with Gasteiger partial charge in [0.15, 0.2) is 11.0 Å². The fourth-order valence-corrected chi connectivity index (χ4v) is 5.75. The molecular weight excluding hydrogens is 454 g/mol. The third kappa shape index (κ3) is 6.73. The van der Waals surface area contributed by atoms with Crippen LogP contribution in [-0.4, -0.2) is 63.4 Å². The molecule has 2 aromatic carbocycles. The lowest BCUT2D eigenvalue weighted by atomic mass is 9.90. The molecule has 1 saturated heterocycles. The van der Waals surface area contributed by atoms with Crippen molar-refractivity contribution in [2.75, 3.05) is 32.9 Å². The minimum Gasteiger partial charge on any atom is -0.342 e. The van der Waals surface area contributed by atoms with Gasteiger partial charge >= 0.3 is 0 Å². The summed E-state index contributed by atoms with van der Waals surface area (Å²) in [7, 11) is 4.15. The number of benzene rings is 2. The van der Waals surface area contributed by atoms with Crippen LogP contribution < -0.4 is 0 Å². The number of aromatic nitrogens is 3. The van der Waals surface area contributed by atoms with E-state index in [1.807, 2.05) is 11.0 Å². The molecule has 0 bridgehead atoms. The number of hydrogen-bond donors (Lipinski definition) is 0. The van der Waals surface area contributed by atoms with E-state index >= 15 is 0 Å². The van der Waals surface area contributed by atoms with Crippen LogP contribution in [0.4, 0.5) is 0 Å². The van der Waals surface area contributed by atoms with Crippen LogP contribution in [0.25, 0.3) is 0 Å². The van der Waals surface area contributed by atoms with Crippen LogP contribution in [-0.2, 0) is 17.8 Å². The average molecular weight is 492 g/mol. The first kappa shape index (κ1) is 25.5. The molecule has 0 aliphatic carbocycles. The van der Waals surface area contributed by atoms with Crippen LogP contribution >= 0.6 is 11.8 Å². The smallest absolute Gasteiger partial charge is 0.233 e. The van der Waals surface area contributed by atoms with E-state index in [2.05, 4.69) is 95.3 Å². The summed E-state index contributed by atoms with van der Waals surface area (Å²) in [5.41, 5.74) is 2.60. The van der Waals surface area contributed by atoms with Crippen molar-refractivity contribution in [1.82, 2.24) is 24.6 Å². The molecule has 0 spiro atoms. The molecule has 186 valence electrons. The zero-order valence-electron chi connectivity index (χ0n) is 21.1. The number of piperidine rings is 1. The summed E-state index contributed by atoms with van der Waals surface area (Å²) in [5, 5.41) is 9.90. The van der Waals surface area contributed by atoms with Gasteiger partial charge in [-0.05, 0) is 56.8 Å². The highest BCUT2D eigenvalue weighted by atomic mass is 32.2. The molecule has 1 aliphatic rings. The van der Waals surface area contributed by atoms with Crippen molar-refractivity contribution in [1.29, 1.82) is 0 Å². The van der Waals surface area contributed by atoms with E-state index < -0.39 is 0 Å². The first-order valence-electron chi connectivity index (χ1n) is 12.6. The lowest BCUT2D eigenvalue weighted by Gasteiger charge is -2.32. The second kappa shape index (κ2) is 12.4. The maximum atomic E-state index is 13.1. The molecule has 1 aromatic heterocycles. The van der Waals surface area contributed by atoms with Gasteiger partial charge in [-0.1, -0.05) is 79.3 Å². The molecule has 1 fully saturated rings. The SMILES string of the molecule is CCC(c1nnc(SCC(=O)N2CCC(Cc3ccccc3)CC2)n1Cc1ccccc1)N(C)C. The number of likely N-dealkylation sites (tertiary alicyclic amines) is 1. The van der Waals surface area contributed by atoms with Gasteiger partial charge in [0.1, 0.15) is 0 Å². The maximum absolute atomic E-state index is 13.1. The first-order valence-corrected chi connectivity index (χ1v) is 13.6. The van der Waals surface area contributed by atoms with Gasteiger partial charge in [-0.3, -0.25) is 9.69 Å². The number of rotatable bonds is 10. The second-order valence-electron chi connectivity index (χ2n) is 9.60. The summed E-state index contributed by atoms with van der Waals surface area (Å²) >= 11 is 1.51. The Morgan fingerprint density at radius 1 is 1.00 bits per heavy atom. The number of carbonyl (C=O) groups is 1. The third-order valence-corrected chi connectivity index (χ3v) is 7.85. The number of nitrogens with zero attached hydrogens (tertiary/aromatic N) is 5. The molecular formula is C28H37N5OS. The molecule has 2 heterocycles. The van der Waals surface area contributed by atoms with Crippen molar-refractivity contribution >= 4 is 17.7 Å². The van der Waals surface area contributed by atoms with Crippen molar-refractivity contribution in [3.8, 4) is 0 Å². The number of amides is 1. The van der Waals surface area contributed by atoms with E-state index in [-0.39, 0.29) is 11.9 Å². The fourth-order valence-electron chi connectivity index (χ4n) is 4.90. The van der Waals surface area contributed by atoms with Gasteiger partial charge < -0.3 is 9.47 Å². The number of thioether (sulfide) groups is 1. The normalized spacial score (nSPS) is 15.5. The summed E-state index contributed by atoms with van der Waals surface area (Å²) < 4.78 is 2.19. The Kier molecular flexibility index (Phi) is 8.99. The van der Waals surface area contributed by atoms with Gasteiger partial charge in [0, 0.05) is 13.1 Å². The van der Waals surface area contributed by atoms with Crippen LogP contribution in [0, 0.1) is 5.92 Å². The van der Waals surface area contributed by atoms with Gasteiger partial charge in [-0.25, -0.2) is 0 Å². The molecule has 7 heteroatoms. The molecule has 35 heavy (non-hydrogen) atoms. The minimum absolute atomic E-state index is 0.180. The Labute approximate surface area is 213 Å². The Bertz CT molecular complexity index is 1060. The Balaban J connectivity index is 1.38. The lowest BCUT2D eigenvalue weighted by Crippen LogP contribution is -2.39. The van der Waals surface area contributed by atoms with E-state index in [9.17, 15) is 4.79 Å².